The highest BCUT2D eigenvalue weighted by Gasteiger charge is 2.09. The third kappa shape index (κ3) is 3.05. The van der Waals surface area contributed by atoms with Gasteiger partial charge in [0, 0.05) is 18.3 Å². The predicted octanol–water partition coefficient (Wildman–Crippen LogP) is 0.920. The van der Waals surface area contributed by atoms with Crippen LogP contribution in [0, 0.1) is 0 Å². The number of pyridine rings is 1. The number of carboxylic acid groups (broad SMARTS) is 1. The van der Waals surface area contributed by atoms with Gasteiger partial charge in [-0.05, 0) is 18.6 Å². The Morgan fingerprint density at radius 3 is 2.87 bits per heavy atom. The topological polar surface area (TPSA) is 79.3 Å². The Bertz CT molecular complexity index is 377. The molecule has 80 valence electrons. The minimum atomic E-state index is -1.14. The molecule has 0 fully saturated rings. The molecule has 1 aromatic rings. The summed E-state index contributed by atoms with van der Waals surface area (Å²) in [6, 6.07) is 2.74. The lowest BCUT2D eigenvalue weighted by molar-refractivity contribution is 0.0690. The van der Waals surface area contributed by atoms with E-state index in [0.29, 0.717) is 12.1 Å². The minimum absolute atomic E-state index is 0.126. The number of carbonyl (C=O) groups is 2. The number of carbonyl (C=O) groups excluding carboxylic acids is 1. The number of aromatic nitrogens is 1. The van der Waals surface area contributed by atoms with Crippen LogP contribution in [0.4, 0.5) is 0 Å². The Labute approximate surface area is 87.1 Å². The quantitative estimate of drug-likeness (QED) is 0.771. The van der Waals surface area contributed by atoms with Crippen molar-refractivity contribution in [3.8, 4) is 0 Å². The highest BCUT2D eigenvalue weighted by Crippen LogP contribution is 2.01. The van der Waals surface area contributed by atoms with E-state index < -0.39 is 5.97 Å². The Balaban J connectivity index is 2.81. The number of hydrogen-bond acceptors (Lipinski definition) is 3. The van der Waals surface area contributed by atoms with Crippen molar-refractivity contribution in [2.75, 3.05) is 6.54 Å². The van der Waals surface area contributed by atoms with E-state index in [9.17, 15) is 9.59 Å². The molecule has 0 aliphatic rings. The number of carboxylic acids is 1. The SMILES string of the molecule is CCCNC(=O)c1ccnc(C(=O)O)c1. The molecule has 0 spiro atoms. The molecule has 1 rings (SSSR count). The van der Waals surface area contributed by atoms with E-state index in [2.05, 4.69) is 10.3 Å². The predicted molar refractivity (Wildman–Crippen MR) is 53.8 cm³/mol. The molecular formula is C10H12N2O3. The standard InChI is InChI=1S/C10H12N2O3/c1-2-4-12-9(13)7-3-5-11-8(6-7)10(14)15/h3,5-6H,2,4H2,1H3,(H,12,13)(H,14,15). The molecule has 2 N–H and O–H groups in total. The van der Waals surface area contributed by atoms with Gasteiger partial charge in [-0.25, -0.2) is 9.78 Å². The molecule has 5 nitrogen and oxygen atoms in total. The van der Waals surface area contributed by atoms with Crippen molar-refractivity contribution in [3.05, 3.63) is 29.6 Å². The number of amides is 1. The highest BCUT2D eigenvalue weighted by molar-refractivity contribution is 5.96. The van der Waals surface area contributed by atoms with Crippen molar-refractivity contribution >= 4 is 11.9 Å². The summed E-state index contributed by atoms with van der Waals surface area (Å²) < 4.78 is 0. The monoisotopic (exact) mass is 208 g/mol. The molecule has 1 amide bonds. The zero-order chi connectivity index (χ0) is 11.3. The fraction of sp³-hybridized carbons (Fsp3) is 0.300. The van der Waals surface area contributed by atoms with Crippen LogP contribution in [-0.4, -0.2) is 28.5 Å². The van der Waals surface area contributed by atoms with Gasteiger partial charge in [0.25, 0.3) is 5.91 Å². The molecule has 0 radical (unpaired) electrons. The first-order valence-corrected chi connectivity index (χ1v) is 4.62. The van der Waals surface area contributed by atoms with E-state index in [1.54, 1.807) is 0 Å². The van der Waals surface area contributed by atoms with Gasteiger partial charge in [0.2, 0.25) is 0 Å². The first-order valence-electron chi connectivity index (χ1n) is 4.62. The van der Waals surface area contributed by atoms with Crippen LogP contribution in [0.25, 0.3) is 0 Å². The second-order valence-electron chi connectivity index (χ2n) is 2.99. The lowest BCUT2D eigenvalue weighted by atomic mass is 10.2. The molecule has 0 aliphatic carbocycles. The summed E-state index contributed by atoms with van der Waals surface area (Å²) in [7, 11) is 0. The van der Waals surface area contributed by atoms with Crippen molar-refractivity contribution < 1.29 is 14.7 Å². The average molecular weight is 208 g/mol. The lowest BCUT2D eigenvalue weighted by Gasteiger charge is -2.03. The minimum Gasteiger partial charge on any atom is -0.477 e. The van der Waals surface area contributed by atoms with Crippen LogP contribution in [0.5, 0.6) is 0 Å². The highest BCUT2D eigenvalue weighted by atomic mass is 16.4. The Morgan fingerprint density at radius 1 is 1.53 bits per heavy atom. The maximum absolute atomic E-state index is 11.4. The first-order chi connectivity index (χ1) is 7.15. The molecule has 0 unspecified atom stereocenters. The van der Waals surface area contributed by atoms with Crippen LogP contribution in [0.15, 0.2) is 18.3 Å². The van der Waals surface area contributed by atoms with Crippen LogP contribution < -0.4 is 5.32 Å². The number of nitrogens with zero attached hydrogens (tertiary/aromatic N) is 1. The van der Waals surface area contributed by atoms with Gasteiger partial charge in [-0.15, -0.1) is 0 Å². The largest absolute Gasteiger partial charge is 0.477 e. The number of rotatable bonds is 4. The van der Waals surface area contributed by atoms with Gasteiger partial charge in [-0.2, -0.15) is 0 Å². The van der Waals surface area contributed by atoms with Crippen molar-refractivity contribution in [3.63, 3.8) is 0 Å². The summed E-state index contributed by atoms with van der Waals surface area (Å²) in [6.45, 7) is 2.51. The van der Waals surface area contributed by atoms with Gasteiger partial charge in [0.1, 0.15) is 5.69 Å². The Morgan fingerprint density at radius 2 is 2.27 bits per heavy atom. The van der Waals surface area contributed by atoms with E-state index in [1.165, 1.54) is 18.3 Å². The van der Waals surface area contributed by atoms with Crippen molar-refractivity contribution in [1.82, 2.24) is 10.3 Å². The fourth-order valence-corrected chi connectivity index (χ4v) is 1.03. The molecule has 1 heterocycles. The molecule has 0 aromatic carbocycles. The summed E-state index contributed by atoms with van der Waals surface area (Å²) in [5, 5.41) is 11.3. The summed E-state index contributed by atoms with van der Waals surface area (Å²) in [4.78, 5) is 25.7. The molecule has 0 bridgehead atoms. The molecule has 0 atom stereocenters. The van der Waals surface area contributed by atoms with Crippen LogP contribution >= 0.6 is 0 Å². The molecule has 0 saturated heterocycles. The van der Waals surface area contributed by atoms with Crippen LogP contribution in [0.3, 0.4) is 0 Å². The lowest BCUT2D eigenvalue weighted by Crippen LogP contribution is -2.24. The van der Waals surface area contributed by atoms with Gasteiger partial charge >= 0.3 is 5.97 Å². The number of hydrogen-bond donors (Lipinski definition) is 2. The summed E-state index contributed by atoms with van der Waals surface area (Å²) in [6.07, 6.45) is 2.15. The number of nitrogens with one attached hydrogen (secondary N) is 1. The van der Waals surface area contributed by atoms with Crippen molar-refractivity contribution in [2.45, 2.75) is 13.3 Å². The fourth-order valence-electron chi connectivity index (χ4n) is 1.03. The Kier molecular flexibility index (Phi) is 3.79. The first kappa shape index (κ1) is 11.2. The average Bonchev–Trinajstić information content (AvgIpc) is 2.26. The maximum Gasteiger partial charge on any atom is 0.354 e. The molecular weight excluding hydrogens is 196 g/mol. The zero-order valence-electron chi connectivity index (χ0n) is 8.36. The number of aromatic carboxylic acids is 1. The molecule has 0 aliphatic heterocycles. The summed E-state index contributed by atoms with van der Waals surface area (Å²) in [5.41, 5.74) is 0.190. The normalized spacial score (nSPS) is 9.67. The molecule has 15 heavy (non-hydrogen) atoms. The van der Waals surface area contributed by atoms with E-state index >= 15 is 0 Å². The van der Waals surface area contributed by atoms with E-state index in [-0.39, 0.29) is 11.6 Å². The maximum atomic E-state index is 11.4. The van der Waals surface area contributed by atoms with Gasteiger partial charge in [-0.1, -0.05) is 6.92 Å². The van der Waals surface area contributed by atoms with E-state index in [0.717, 1.165) is 6.42 Å². The van der Waals surface area contributed by atoms with Gasteiger partial charge in [-0.3, -0.25) is 4.79 Å². The van der Waals surface area contributed by atoms with Gasteiger partial charge < -0.3 is 10.4 Å². The van der Waals surface area contributed by atoms with Gasteiger partial charge in [0.05, 0.1) is 0 Å². The summed E-state index contributed by atoms with van der Waals surface area (Å²) in [5.74, 6) is -1.41. The van der Waals surface area contributed by atoms with Crippen LogP contribution in [0.1, 0.15) is 34.2 Å². The third-order valence-electron chi connectivity index (χ3n) is 1.78. The van der Waals surface area contributed by atoms with E-state index in [4.69, 9.17) is 5.11 Å². The van der Waals surface area contributed by atoms with Crippen molar-refractivity contribution in [1.29, 1.82) is 0 Å². The van der Waals surface area contributed by atoms with Crippen LogP contribution in [0.2, 0.25) is 0 Å². The second kappa shape index (κ2) is 5.09. The van der Waals surface area contributed by atoms with Crippen LogP contribution in [-0.2, 0) is 0 Å². The van der Waals surface area contributed by atoms with E-state index in [1.807, 2.05) is 6.92 Å². The smallest absolute Gasteiger partial charge is 0.354 e. The molecule has 5 heteroatoms. The summed E-state index contributed by atoms with van der Waals surface area (Å²) >= 11 is 0. The molecule has 0 saturated carbocycles. The molecule has 1 aromatic heterocycles. The Hall–Kier alpha value is -1.91. The van der Waals surface area contributed by atoms with Crippen molar-refractivity contribution in [2.24, 2.45) is 0 Å². The van der Waals surface area contributed by atoms with Gasteiger partial charge in [0.15, 0.2) is 0 Å². The third-order valence-corrected chi connectivity index (χ3v) is 1.78. The zero-order valence-corrected chi connectivity index (χ0v) is 8.36. The second-order valence-corrected chi connectivity index (χ2v) is 2.99.